The zero-order chi connectivity index (χ0) is 15.5. The molecule has 2 fully saturated rings. The lowest BCUT2D eigenvalue weighted by Gasteiger charge is -2.31. The first-order valence-corrected chi connectivity index (χ1v) is 8.58. The van der Waals surface area contributed by atoms with Crippen molar-refractivity contribution in [2.75, 3.05) is 52.4 Å². The molecule has 0 aromatic carbocycles. The maximum atomic E-state index is 10.7. The molecule has 0 aromatic heterocycles. The third kappa shape index (κ3) is 8.39. The number of carbonyl (C=O) groups excluding carboxylic acids is 1. The Bertz CT molecular complexity index is 269. The zero-order valence-corrected chi connectivity index (χ0v) is 14.2. The van der Waals surface area contributed by atoms with Crippen LogP contribution in [0.4, 0.5) is 0 Å². The summed E-state index contributed by atoms with van der Waals surface area (Å²) < 4.78 is 0. The summed E-state index contributed by atoms with van der Waals surface area (Å²) in [6.45, 7) is 15.5. The van der Waals surface area contributed by atoms with E-state index in [0.717, 1.165) is 32.5 Å². The fourth-order valence-electron chi connectivity index (χ4n) is 2.90. The van der Waals surface area contributed by atoms with Crippen LogP contribution < -0.4 is 10.6 Å². The molecular formula is C16H34N4O. The van der Waals surface area contributed by atoms with E-state index in [0.29, 0.717) is 6.04 Å². The third-order valence-corrected chi connectivity index (χ3v) is 4.32. The van der Waals surface area contributed by atoms with E-state index in [1.54, 1.807) is 6.92 Å². The summed E-state index contributed by atoms with van der Waals surface area (Å²) in [6, 6.07) is 0.422. The molecule has 0 saturated carbocycles. The second-order valence-corrected chi connectivity index (χ2v) is 5.95. The van der Waals surface area contributed by atoms with Crippen LogP contribution in [-0.4, -0.2) is 74.1 Å². The Hall–Kier alpha value is -0.650. The highest BCUT2D eigenvalue weighted by Gasteiger charge is 2.17. The van der Waals surface area contributed by atoms with Crippen molar-refractivity contribution in [3.63, 3.8) is 0 Å². The predicted octanol–water partition coefficient (Wildman–Crippen LogP) is 0.908. The molecule has 2 aliphatic heterocycles. The zero-order valence-electron chi connectivity index (χ0n) is 14.2. The summed E-state index contributed by atoms with van der Waals surface area (Å²) in [5.74, 6) is 0.102. The van der Waals surface area contributed by atoms with Crippen LogP contribution in [0.15, 0.2) is 0 Å². The van der Waals surface area contributed by atoms with Crippen molar-refractivity contribution in [3.8, 4) is 0 Å². The molecule has 21 heavy (non-hydrogen) atoms. The average Bonchev–Trinajstić information content (AvgIpc) is 2.76. The lowest BCUT2D eigenvalue weighted by Crippen LogP contribution is -2.43. The van der Waals surface area contributed by atoms with Crippen molar-refractivity contribution in [3.05, 3.63) is 0 Å². The molecule has 2 N–H and O–H groups in total. The van der Waals surface area contributed by atoms with E-state index >= 15 is 0 Å². The first-order valence-electron chi connectivity index (χ1n) is 8.58. The van der Waals surface area contributed by atoms with Crippen molar-refractivity contribution < 1.29 is 4.79 Å². The molecule has 0 bridgehead atoms. The molecule has 124 valence electrons. The molecule has 2 saturated heterocycles. The van der Waals surface area contributed by atoms with Crippen LogP contribution in [0.1, 0.15) is 40.0 Å². The van der Waals surface area contributed by atoms with Crippen LogP contribution in [0.3, 0.4) is 0 Å². The normalized spacial score (nSPS) is 22.0. The van der Waals surface area contributed by atoms with E-state index in [2.05, 4.69) is 34.3 Å². The van der Waals surface area contributed by atoms with Gasteiger partial charge in [-0.15, -0.1) is 0 Å². The quantitative estimate of drug-likeness (QED) is 0.813. The summed E-state index contributed by atoms with van der Waals surface area (Å²) in [5, 5.41) is 6.33. The van der Waals surface area contributed by atoms with Crippen molar-refractivity contribution in [2.45, 2.75) is 46.1 Å². The molecule has 5 heteroatoms. The van der Waals surface area contributed by atoms with Gasteiger partial charge in [0.25, 0.3) is 0 Å². The Kier molecular flexibility index (Phi) is 9.63. The van der Waals surface area contributed by atoms with Gasteiger partial charge in [0.15, 0.2) is 0 Å². The van der Waals surface area contributed by atoms with Gasteiger partial charge in [-0.05, 0) is 45.4 Å². The molecule has 0 atom stereocenters. The van der Waals surface area contributed by atoms with Gasteiger partial charge in [0.1, 0.15) is 0 Å². The number of rotatable bonds is 3. The fourth-order valence-corrected chi connectivity index (χ4v) is 2.90. The first-order chi connectivity index (χ1) is 10.2. The molecular weight excluding hydrogens is 264 g/mol. The standard InChI is InChI=1S/C9H18N2O.C7H16N2/c1-3-11-6-4-9(5-7-11)10-8(2)12;1-2-9-6-3-4-8-5-7-9/h9H,3-7H2,1-2H3,(H,10,12);8H,2-7H2,1H3. The Morgan fingerprint density at radius 3 is 2.24 bits per heavy atom. The molecule has 0 unspecified atom stereocenters. The van der Waals surface area contributed by atoms with Crippen LogP contribution in [0.5, 0.6) is 0 Å². The lowest BCUT2D eigenvalue weighted by atomic mass is 10.1. The lowest BCUT2D eigenvalue weighted by molar-refractivity contribution is -0.119. The van der Waals surface area contributed by atoms with Crippen molar-refractivity contribution in [1.82, 2.24) is 20.4 Å². The Labute approximate surface area is 130 Å². The summed E-state index contributed by atoms with van der Waals surface area (Å²) in [4.78, 5) is 15.6. The van der Waals surface area contributed by atoms with E-state index in [9.17, 15) is 4.79 Å². The minimum atomic E-state index is 0.102. The molecule has 1 amide bonds. The van der Waals surface area contributed by atoms with Gasteiger partial charge < -0.3 is 20.4 Å². The summed E-state index contributed by atoms with van der Waals surface area (Å²) in [5.41, 5.74) is 0. The number of likely N-dealkylation sites (N-methyl/N-ethyl adjacent to an activating group) is 1. The first kappa shape index (κ1) is 18.4. The predicted molar refractivity (Wildman–Crippen MR) is 88.6 cm³/mol. The van der Waals surface area contributed by atoms with Crippen LogP contribution in [0, 0.1) is 0 Å². The highest BCUT2D eigenvalue weighted by Crippen LogP contribution is 2.09. The molecule has 2 aliphatic rings. The second kappa shape index (κ2) is 11.0. The number of piperidine rings is 1. The minimum Gasteiger partial charge on any atom is -0.354 e. The highest BCUT2D eigenvalue weighted by molar-refractivity contribution is 5.73. The van der Waals surface area contributed by atoms with Crippen molar-refractivity contribution in [2.24, 2.45) is 0 Å². The van der Waals surface area contributed by atoms with Gasteiger partial charge in [0.2, 0.25) is 5.91 Å². The van der Waals surface area contributed by atoms with Crippen LogP contribution in [0.2, 0.25) is 0 Å². The van der Waals surface area contributed by atoms with Gasteiger partial charge in [-0.1, -0.05) is 13.8 Å². The SMILES string of the molecule is CCN1CCC(NC(C)=O)CC1.CCN1CCCNCC1. The number of carbonyl (C=O) groups is 1. The number of hydrogen-bond donors (Lipinski definition) is 2. The van der Waals surface area contributed by atoms with Gasteiger partial charge >= 0.3 is 0 Å². The van der Waals surface area contributed by atoms with Crippen LogP contribution >= 0.6 is 0 Å². The Morgan fingerprint density at radius 2 is 1.67 bits per heavy atom. The molecule has 0 radical (unpaired) electrons. The number of likely N-dealkylation sites (tertiary alicyclic amines) is 1. The Morgan fingerprint density at radius 1 is 1.05 bits per heavy atom. The molecule has 5 nitrogen and oxygen atoms in total. The monoisotopic (exact) mass is 298 g/mol. The summed E-state index contributed by atoms with van der Waals surface area (Å²) in [6.07, 6.45) is 3.52. The van der Waals surface area contributed by atoms with Crippen LogP contribution in [0.25, 0.3) is 0 Å². The molecule has 0 aromatic rings. The average molecular weight is 298 g/mol. The molecule has 0 spiro atoms. The van der Waals surface area contributed by atoms with E-state index in [1.165, 1.54) is 39.1 Å². The smallest absolute Gasteiger partial charge is 0.217 e. The van der Waals surface area contributed by atoms with Gasteiger partial charge in [-0.25, -0.2) is 0 Å². The minimum absolute atomic E-state index is 0.102. The maximum Gasteiger partial charge on any atom is 0.217 e. The second-order valence-electron chi connectivity index (χ2n) is 5.95. The van der Waals surface area contributed by atoms with Crippen LogP contribution in [-0.2, 0) is 4.79 Å². The number of nitrogens with zero attached hydrogens (tertiary/aromatic N) is 2. The van der Waals surface area contributed by atoms with E-state index in [1.807, 2.05) is 0 Å². The van der Waals surface area contributed by atoms with Crippen molar-refractivity contribution >= 4 is 5.91 Å². The fraction of sp³-hybridized carbons (Fsp3) is 0.938. The topological polar surface area (TPSA) is 47.6 Å². The highest BCUT2D eigenvalue weighted by atomic mass is 16.1. The van der Waals surface area contributed by atoms with Gasteiger partial charge in [0, 0.05) is 39.1 Å². The summed E-state index contributed by atoms with van der Waals surface area (Å²) >= 11 is 0. The van der Waals surface area contributed by atoms with Gasteiger partial charge in [0.05, 0.1) is 0 Å². The molecule has 2 heterocycles. The Balaban J connectivity index is 0.000000219. The van der Waals surface area contributed by atoms with E-state index in [-0.39, 0.29) is 5.91 Å². The summed E-state index contributed by atoms with van der Waals surface area (Å²) in [7, 11) is 0. The van der Waals surface area contributed by atoms with Gasteiger partial charge in [-0.2, -0.15) is 0 Å². The van der Waals surface area contributed by atoms with E-state index < -0.39 is 0 Å². The number of nitrogens with one attached hydrogen (secondary N) is 2. The maximum absolute atomic E-state index is 10.7. The number of amides is 1. The van der Waals surface area contributed by atoms with Crippen molar-refractivity contribution in [1.29, 1.82) is 0 Å². The molecule has 0 aliphatic carbocycles. The van der Waals surface area contributed by atoms with E-state index in [4.69, 9.17) is 0 Å². The number of hydrogen-bond acceptors (Lipinski definition) is 4. The molecule has 2 rings (SSSR count). The third-order valence-electron chi connectivity index (χ3n) is 4.32. The van der Waals surface area contributed by atoms with Gasteiger partial charge in [-0.3, -0.25) is 4.79 Å². The largest absolute Gasteiger partial charge is 0.354 e.